The van der Waals surface area contributed by atoms with Gasteiger partial charge in [-0.05, 0) is 35.2 Å². The molecule has 0 aromatic heterocycles. The van der Waals surface area contributed by atoms with E-state index in [1.54, 1.807) is 0 Å². The van der Waals surface area contributed by atoms with Crippen molar-refractivity contribution < 1.29 is 19.5 Å². The van der Waals surface area contributed by atoms with Crippen LogP contribution in [0.15, 0.2) is 11.3 Å². The van der Waals surface area contributed by atoms with Gasteiger partial charge in [-0.3, -0.25) is 14.4 Å². The maximum atomic E-state index is 13.1. The zero-order valence-corrected chi connectivity index (χ0v) is 18.5. The number of ketones is 3. The normalized spacial score (nSPS) is 25.1. The highest BCUT2D eigenvalue weighted by atomic mass is 16.3. The Kier molecular flexibility index (Phi) is 6.94. The van der Waals surface area contributed by atoms with Crippen molar-refractivity contribution in [2.45, 2.75) is 92.9 Å². The fourth-order valence-electron chi connectivity index (χ4n) is 5.23. The Morgan fingerprint density at radius 3 is 1.93 bits per heavy atom. The standard InChI is InChI=1S/C24H38O4/c1-7-9-10-15(8-2)20(21-16(25)11-23(3,4)12-17(21)26)22-18(27)13-24(5,6)14-19(22)28/h15,20-21,27H,7-14H2,1-6H3/p-1. The third-order valence-electron chi connectivity index (χ3n) is 6.53. The second-order valence-electron chi connectivity index (χ2n) is 10.5. The zero-order chi connectivity index (χ0) is 21.3. The molecule has 1 fully saturated rings. The van der Waals surface area contributed by atoms with Crippen molar-refractivity contribution in [3.63, 3.8) is 0 Å². The first-order chi connectivity index (χ1) is 12.9. The smallest absolute Gasteiger partial charge is 0.158 e. The van der Waals surface area contributed by atoms with Crippen molar-refractivity contribution in [3.05, 3.63) is 11.3 Å². The highest BCUT2D eigenvalue weighted by Gasteiger charge is 2.48. The van der Waals surface area contributed by atoms with Crippen LogP contribution in [0.2, 0.25) is 0 Å². The molecule has 0 amide bonds. The molecule has 0 N–H and O–H groups in total. The highest BCUT2D eigenvalue weighted by molar-refractivity contribution is 6.08. The topological polar surface area (TPSA) is 74.3 Å². The molecule has 0 aromatic carbocycles. The molecule has 0 saturated heterocycles. The number of hydrogen-bond donors (Lipinski definition) is 0. The average Bonchev–Trinajstić information content (AvgIpc) is 2.51. The predicted octanol–water partition coefficient (Wildman–Crippen LogP) is 4.40. The molecule has 0 heterocycles. The van der Waals surface area contributed by atoms with Gasteiger partial charge in [0.1, 0.15) is 11.6 Å². The largest absolute Gasteiger partial charge is 0.875 e. The molecular weight excluding hydrogens is 352 g/mol. The van der Waals surface area contributed by atoms with E-state index in [1.807, 2.05) is 34.6 Å². The van der Waals surface area contributed by atoms with Crippen molar-refractivity contribution >= 4 is 17.3 Å². The van der Waals surface area contributed by atoms with Gasteiger partial charge in [-0.2, -0.15) is 0 Å². The van der Waals surface area contributed by atoms with Gasteiger partial charge in [0.25, 0.3) is 0 Å². The van der Waals surface area contributed by atoms with Gasteiger partial charge in [0.2, 0.25) is 0 Å². The monoisotopic (exact) mass is 389 g/mol. The summed E-state index contributed by atoms with van der Waals surface area (Å²) in [4.78, 5) is 39.2. The van der Waals surface area contributed by atoms with Crippen molar-refractivity contribution in [2.24, 2.45) is 28.6 Å². The van der Waals surface area contributed by atoms with E-state index in [9.17, 15) is 19.5 Å². The van der Waals surface area contributed by atoms with Crippen LogP contribution < -0.4 is 5.11 Å². The Morgan fingerprint density at radius 2 is 1.46 bits per heavy atom. The molecule has 0 aromatic rings. The lowest BCUT2D eigenvalue weighted by molar-refractivity contribution is -0.313. The second kappa shape index (κ2) is 8.51. The van der Waals surface area contributed by atoms with Crippen molar-refractivity contribution in [1.29, 1.82) is 0 Å². The molecule has 0 spiro atoms. The maximum absolute atomic E-state index is 13.1. The van der Waals surface area contributed by atoms with Gasteiger partial charge in [0, 0.05) is 25.2 Å². The fourth-order valence-corrected chi connectivity index (χ4v) is 5.23. The summed E-state index contributed by atoms with van der Waals surface area (Å²) in [6.07, 6.45) is 4.88. The lowest BCUT2D eigenvalue weighted by Gasteiger charge is -2.44. The van der Waals surface area contributed by atoms with Crippen LogP contribution in [0, 0.1) is 28.6 Å². The minimum absolute atomic E-state index is 0.0168. The SMILES string of the molecule is CCCCC(CC)C(C1=C([O-])CC(C)(C)CC1=O)C1C(=O)CC(C)(C)CC1=O. The van der Waals surface area contributed by atoms with E-state index in [4.69, 9.17) is 0 Å². The van der Waals surface area contributed by atoms with Crippen molar-refractivity contribution in [3.8, 4) is 0 Å². The summed E-state index contributed by atoms with van der Waals surface area (Å²) in [5.74, 6) is -1.80. The van der Waals surface area contributed by atoms with Crippen LogP contribution in [0.1, 0.15) is 92.9 Å². The number of unbranched alkanes of at least 4 members (excludes halogenated alkanes) is 1. The highest BCUT2D eigenvalue weighted by Crippen LogP contribution is 2.47. The number of hydrogen-bond acceptors (Lipinski definition) is 4. The summed E-state index contributed by atoms with van der Waals surface area (Å²) in [7, 11) is 0. The van der Waals surface area contributed by atoms with Crippen LogP contribution in [-0.2, 0) is 14.4 Å². The van der Waals surface area contributed by atoms with Gasteiger partial charge >= 0.3 is 0 Å². The molecular formula is C24H37O4-. The third-order valence-corrected chi connectivity index (χ3v) is 6.53. The Bertz CT molecular complexity index is 648. The average molecular weight is 390 g/mol. The molecule has 1 saturated carbocycles. The molecule has 2 rings (SSSR count). The van der Waals surface area contributed by atoms with E-state index in [-0.39, 0.29) is 45.4 Å². The van der Waals surface area contributed by atoms with Crippen LogP contribution in [0.3, 0.4) is 0 Å². The number of carbonyl (C=O) groups excluding carboxylic acids is 3. The number of Topliss-reactive ketones (excluding diaryl/α,β-unsaturated/α-hetero) is 3. The van der Waals surface area contributed by atoms with E-state index in [0.29, 0.717) is 25.7 Å². The molecule has 0 aliphatic heterocycles. The predicted molar refractivity (Wildman–Crippen MR) is 108 cm³/mol. The summed E-state index contributed by atoms with van der Waals surface area (Å²) in [5.41, 5.74) is -0.419. The van der Waals surface area contributed by atoms with Crippen LogP contribution in [0.25, 0.3) is 0 Å². The Labute approximate surface area is 170 Å². The minimum atomic E-state index is -0.820. The van der Waals surface area contributed by atoms with Crippen LogP contribution >= 0.6 is 0 Å². The van der Waals surface area contributed by atoms with Crippen molar-refractivity contribution in [2.75, 3.05) is 0 Å². The molecule has 0 bridgehead atoms. The molecule has 4 heteroatoms. The molecule has 2 atom stereocenters. The summed E-state index contributed by atoms with van der Waals surface area (Å²) in [6, 6.07) is 0. The number of allylic oxidation sites excluding steroid dienone is 2. The van der Waals surface area contributed by atoms with E-state index in [1.165, 1.54) is 0 Å². The first kappa shape index (κ1) is 22.8. The minimum Gasteiger partial charge on any atom is -0.875 e. The van der Waals surface area contributed by atoms with Gasteiger partial charge in [0.05, 0.1) is 5.92 Å². The Hall–Kier alpha value is -1.45. The first-order valence-electron chi connectivity index (χ1n) is 10.9. The quantitative estimate of drug-likeness (QED) is 0.605. The summed E-state index contributed by atoms with van der Waals surface area (Å²) in [6.45, 7) is 11.9. The maximum Gasteiger partial charge on any atom is 0.158 e. The van der Waals surface area contributed by atoms with Gasteiger partial charge in [-0.25, -0.2) is 0 Å². The Morgan fingerprint density at radius 1 is 0.929 bits per heavy atom. The summed E-state index contributed by atoms with van der Waals surface area (Å²) in [5, 5.41) is 13.1. The molecule has 2 unspecified atom stereocenters. The molecule has 2 aliphatic carbocycles. The Balaban J connectivity index is 2.53. The zero-order valence-electron chi connectivity index (χ0n) is 18.5. The van der Waals surface area contributed by atoms with Gasteiger partial charge < -0.3 is 5.11 Å². The summed E-state index contributed by atoms with van der Waals surface area (Å²) >= 11 is 0. The van der Waals surface area contributed by atoms with E-state index in [2.05, 4.69) is 6.92 Å². The van der Waals surface area contributed by atoms with Crippen LogP contribution in [0.5, 0.6) is 0 Å². The second-order valence-corrected chi connectivity index (χ2v) is 10.5. The first-order valence-corrected chi connectivity index (χ1v) is 10.9. The molecule has 4 nitrogen and oxygen atoms in total. The van der Waals surface area contributed by atoms with Crippen LogP contribution in [0.4, 0.5) is 0 Å². The summed E-state index contributed by atoms with van der Waals surface area (Å²) < 4.78 is 0. The van der Waals surface area contributed by atoms with Gasteiger partial charge in [-0.15, -0.1) is 5.76 Å². The lowest BCUT2D eigenvalue weighted by atomic mass is 9.60. The fraction of sp³-hybridized carbons (Fsp3) is 0.792. The number of rotatable bonds is 7. The third kappa shape index (κ3) is 4.93. The van der Waals surface area contributed by atoms with Gasteiger partial charge in [0.15, 0.2) is 5.78 Å². The van der Waals surface area contributed by atoms with Crippen LogP contribution in [-0.4, -0.2) is 17.3 Å². The van der Waals surface area contributed by atoms with E-state index >= 15 is 0 Å². The van der Waals surface area contributed by atoms with E-state index < -0.39 is 11.8 Å². The lowest BCUT2D eigenvalue weighted by Crippen LogP contribution is -2.47. The van der Waals surface area contributed by atoms with Gasteiger partial charge in [-0.1, -0.05) is 60.8 Å². The molecule has 0 radical (unpaired) electrons. The molecule has 28 heavy (non-hydrogen) atoms. The van der Waals surface area contributed by atoms with Crippen molar-refractivity contribution in [1.82, 2.24) is 0 Å². The number of carbonyl (C=O) groups is 3. The molecule has 2 aliphatic rings. The van der Waals surface area contributed by atoms with E-state index in [0.717, 1.165) is 25.7 Å². The molecule has 158 valence electrons.